The van der Waals surface area contributed by atoms with Crippen molar-refractivity contribution in [1.82, 2.24) is 4.90 Å². The first-order valence-electron chi connectivity index (χ1n) is 7.49. The Morgan fingerprint density at radius 1 is 1.09 bits per heavy atom. The molecule has 0 saturated carbocycles. The van der Waals surface area contributed by atoms with E-state index in [9.17, 15) is 4.79 Å². The van der Waals surface area contributed by atoms with Crippen molar-refractivity contribution in [2.24, 2.45) is 0 Å². The van der Waals surface area contributed by atoms with Crippen molar-refractivity contribution in [3.8, 4) is 0 Å². The smallest absolute Gasteiger partial charge is 0.238 e. The molecule has 0 aliphatic carbocycles. The second kappa shape index (κ2) is 8.90. The van der Waals surface area contributed by atoms with Gasteiger partial charge in [-0.1, -0.05) is 49.4 Å². The largest absolute Gasteiger partial charge is 0.324 e. The highest BCUT2D eigenvalue weighted by atomic mass is 127. The van der Waals surface area contributed by atoms with Crippen LogP contribution in [-0.2, 0) is 11.3 Å². The summed E-state index contributed by atoms with van der Waals surface area (Å²) in [5.74, 6) is 0.0356. The third kappa shape index (κ3) is 5.42. The van der Waals surface area contributed by atoms with Crippen LogP contribution in [0.2, 0.25) is 0 Å². The van der Waals surface area contributed by atoms with Crippen LogP contribution < -0.4 is 5.32 Å². The fourth-order valence-electron chi connectivity index (χ4n) is 2.33. The van der Waals surface area contributed by atoms with Gasteiger partial charge in [0.05, 0.1) is 12.2 Å². The molecule has 0 atom stereocenters. The molecule has 0 spiro atoms. The third-order valence-corrected chi connectivity index (χ3v) is 4.24. The average Bonchev–Trinajstić information content (AvgIpc) is 2.51. The predicted octanol–water partition coefficient (Wildman–Crippen LogP) is 4.14. The van der Waals surface area contributed by atoms with E-state index in [0.717, 1.165) is 28.8 Å². The lowest BCUT2D eigenvalue weighted by Crippen LogP contribution is -2.33. The Labute approximate surface area is 145 Å². The Morgan fingerprint density at radius 2 is 1.77 bits per heavy atom. The first-order chi connectivity index (χ1) is 10.7. The number of hydrogen-bond acceptors (Lipinski definition) is 2. The van der Waals surface area contributed by atoms with E-state index in [-0.39, 0.29) is 5.91 Å². The van der Waals surface area contributed by atoms with E-state index in [2.05, 4.69) is 51.9 Å². The average molecular weight is 408 g/mol. The molecule has 0 saturated heterocycles. The van der Waals surface area contributed by atoms with Gasteiger partial charge >= 0.3 is 0 Å². The summed E-state index contributed by atoms with van der Waals surface area (Å²) in [6.07, 6.45) is 1.03. The van der Waals surface area contributed by atoms with Gasteiger partial charge in [0.2, 0.25) is 5.91 Å². The third-order valence-electron chi connectivity index (χ3n) is 3.30. The van der Waals surface area contributed by atoms with Crippen LogP contribution in [0.25, 0.3) is 0 Å². The van der Waals surface area contributed by atoms with Gasteiger partial charge in [0.1, 0.15) is 0 Å². The Kier molecular flexibility index (Phi) is 6.86. The number of anilines is 1. The second-order valence-corrected chi connectivity index (χ2v) is 6.39. The molecular formula is C18H21IN2O. The van der Waals surface area contributed by atoms with Crippen molar-refractivity contribution < 1.29 is 4.79 Å². The maximum Gasteiger partial charge on any atom is 0.238 e. The van der Waals surface area contributed by atoms with E-state index in [1.165, 1.54) is 5.56 Å². The molecule has 0 aliphatic heterocycles. The molecule has 0 bridgehead atoms. The van der Waals surface area contributed by atoms with Gasteiger partial charge in [-0.05, 0) is 53.3 Å². The van der Waals surface area contributed by atoms with Crippen molar-refractivity contribution in [2.75, 3.05) is 18.4 Å². The van der Waals surface area contributed by atoms with Crippen molar-refractivity contribution in [1.29, 1.82) is 0 Å². The monoisotopic (exact) mass is 408 g/mol. The number of para-hydroxylation sites is 1. The zero-order valence-electron chi connectivity index (χ0n) is 12.8. The van der Waals surface area contributed by atoms with Crippen LogP contribution in [-0.4, -0.2) is 23.9 Å². The lowest BCUT2D eigenvalue weighted by atomic mass is 10.2. The first kappa shape index (κ1) is 17.0. The summed E-state index contributed by atoms with van der Waals surface area (Å²) in [5.41, 5.74) is 2.11. The van der Waals surface area contributed by atoms with Gasteiger partial charge in [-0.15, -0.1) is 0 Å². The Bertz CT molecular complexity index is 601. The normalized spacial score (nSPS) is 10.7. The van der Waals surface area contributed by atoms with Gasteiger partial charge < -0.3 is 5.32 Å². The minimum atomic E-state index is 0.0356. The van der Waals surface area contributed by atoms with E-state index >= 15 is 0 Å². The molecule has 4 heteroatoms. The highest BCUT2D eigenvalue weighted by Crippen LogP contribution is 2.17. The maximum absolute atomic E-state index is 12.3. The van der Waals surface area contributed by atoms with E-state index in [1.807, 2.05) is 42.5 Å². The molecule has 0 unspecified atom stereocenters. The summed E-state index contributed by atoms with van der Waals surface area (Å²) < 4.78 is 1.05. The van der Waals surface area contributed by atoms with Crippen LogP contribution in [0.15, 0.2) is 54.6 Å². The summed E-state index contributed by atoms with van der Waals surface area (Å²) in [4.78, 5) is 14.5. The number of benzene rings is 2. The highest BCUT2D eigenvalue weighted by Gasteiger charge is 2.11. The predicted molar refractivity (Wildman–Crippen MR) is 99.8 cm³/mol. The SMILES string of the molecule is CCCN(CC(=O)Nc1ccccc1I)Cc1ccccc1. The number of hydrogen-bond donors (Lipinski definition) is 1. The molecule has 1 amide bonds. The maximum atomic E-state index is 12.3. The molecule has 0 aliphatic rings. The molecular weight excluding hydrogens is 387 g/mol. The molecule has 3 nitrogen and oxygen atoms in total. The summed E-state index contributed by atoms with van der Waals surface area (Å²) in [7, 11) is 0. The molecule has 2 rings (SSSR count). The Balaban J connectivity index is 1.95. The van der Waals surface area contributed by atoms with Gasteiger partial charge in [0, 0.05) is 10.1 Å². The van der Waals surface area contributed by atoms with Gasteiger partial charge in [-0.2, -0.15) is 0 Å². The van der Waals surface area contributed by atoms with Gasteiger partial charge in [0.25, 0.3) is 0 Å². The van der Waals surface area contributed by atoms with Crippen molar-refractivity contribution >= 4 is 34.2 Å². The molecule has 0 aromatic heterocycles. The number of carbonyl (C=O) groups excluding carboxylic acids is 1. The summed E-state index contributed by atoms with van der Waals surface area (Å²) in [6.45, 7) is 4.26. The fourth-order valence-corrected chi connectivity index (χ4v) is 2.85. The van der Waals surface area contributed by atoms with Crippen LogP contribution in [0.4, 0.5) is 5.69 Å². The first-order valence-corrected chi connectivity index (χ1v) is 8.57. The minimum absolute atomic E-state index is 0.0356. The van der Waals surface area contributed by atoms with Crippen molar-refractivity contribution in [3.05, 3.63) is 63.7 Å². The van der Waals surface area contributed by atoms with Crippen molar-refractivity contribution in [3.63, 3.8) is 0 Å². The molecule has 0 radical (unpaired) electrons. The number of rotatable bonds is 7. The number of halogens is 1. The molecule has 2 aromatic carbocycles. The van der Waals surface area contributed by atoms with Crippen LogP contribution in [0.3, 0.4) is 0 Å². The quantitative estimate of drug-likeness (QED) is 0.699. The zero-order valence-corrected chi connectivity index (χ0v) is 14.9. The van der Waals surface area contributed by atoms with Crippen LogP contribution in [0.5, 0.6) is 0 Å². The minimum Gasteiger partial charge on any atom is -0.324 e. The summed E-state index contributed by atoms with van der Waals surface area (Å²) in [6, 6.07) is 18.1. The zero-order chi connectivity index (χ0) is 15.8. The molecule has 116 valence electrons. The van der Waals surface area contributed by atoms with Gasteiger partial charge in [0.15, 0.2) is 0 Å². The summed E-state index contributed by atoms with van der Waals surface area (Å²) in [5, 5.41) is 3.00. The molecule has 2 aromatic rings. The Hall–Kier alpha value is -1.40. The van der Waals surface area contributed by atoms with Gasteiger partial charge in [-0.3, -0.25) is 9.69 Å². The van der Waals surface area contributed by atoms with Crippen LogP contribution in [0.1, 0.15) is 18.9 Å². The molecule has 0 fully saturated rings. The number of amides is 1. The molecule has 22 heavy (non-hydrogen) atoms. The lowest BCUT2D eigenvalue weighted by molar-refractivity contribution is -0.117. The fraction of sp³-hybridized carbons (Fsp3) is 0.278. The second-order valence-electron chi connectivity index (χ2n) is 5.22. The van der Waals surface area contributed by atoms with Crippen molar-refractivity contribution in [2.45, 2.75) is 19.9 Å². The Morgan fingerprint density at radius 3 is 2.45 bits per heavy atom. The summed E-state index contributed by atoms with van der Waals surface area (Å²) >= 11 is 2.23. The van der Waals surface area contributed by atoms with E-state index < -0.39 is 0 Å². The number of nitrogens with zero attached hydrogens (tertiary/aromatic N) is 1. The van der Waals surface area contributed by atoms with Gasteiger partial charge in [-0.25, -0.2) is 0 Å². The van der Waals surface area contributed by atoms with Crippen LogP contribution >= 0.6 is 22.6 Å². The topological polar surface area (TPSA) is 32.3 Å². The molecule has 1 N–H and O–H groups in total. The highest BCUT2D eigenvalue weighted by molar-refractivity contribution is 14.1. The van der Waals surface area contributed by atoms with E-state index in [0.29, 0.717) is 6.54 Å². The standard InChI is InChI=1S/C18H21IN2O/c1-2-12-21(13-15-8-4-3-5-9-15)14-18(22)20-17-11-7-6-10-16(17)19/h3-11H,2,12-14H2,1H3,(H,20,22). The number of carbonyl (C=O) groups is 1. The van der Waals surface area contributed by atoms with Crippen LogP contribution in [0, 0.1) is 3.57 Å². The lowest BCUT2D eigenvalue weighted by Gasteiger charge is -2.21. The van der Waals surface area contributed by atoms with E-state index in [1.54, 1.807) is 0 Å². The number of nitrogens with one attached hydrogen (secondary N) is 1. The molecule has 0 heterocycles. The van der Waals surface area contributed by atoms with E-state index in [4.69, 9.17) is 0 Å².